The van der Waals surface area contributed by atoms with Crippen molar-refractivity contribution in [1.82, 2.24) is 5.32 Å². The van der Waals surface area contributed by atoms with Crippen molar-refractivity contribution in [3.05, 3.63) is 59.7 Å². The first-order valence-electron chi connectivity index (χ1n) is 6.51. The number of hydrogen-bond acceptors (Lipinski definition) is 2. The van der Waals surface area contributed by atoms with Crippen LogP contribution in [0.15, 0.2) is 42.5 Å². The molecule has 4 heteroatoms. The molecule has 0 fully saturated rings. The number of nitrogens with one attached hydrogen (secondary N) is 1. The number of rotatable bonds is 5. The van der Waals surface area contributed by atoms with Crippen molar-refractivity contribution >= 4 is 0 Å². The van der Waals surface area contributed by atoms with Crippen LogP contribution in [0.2, 0.25) is 0 Å². The summed E-state index contributed by atoms with van der Waals surface area (Å²) in [5.41, 5.74) is 0.655. The highest BCUT2D eigenvalue weighted by Gasteiger charge is 2.13. The molecule has 0 spiro atoms. The van der Waals surface area contributed by atoms with Crippen molar-refractivity contribution in [1.29, 1.82) is 0 Å². The van der Waals surface area contributed by atoms with E-state index in [1.54, 1.807) is 24.3 Å². The third-order valence-electron chi connectivity index (χ3n) is 2.80. The fourth-order valence-corrected chi connectivity index (χ4v) is 1.76. The van der Waals surface area contributed by atoms with Gasteiger partial charge in [0.15, 0.2) is 23.1 Å². The van der Waals surface area contributed by atoms with Gasteiger partial charge in [0.05, 0.1) is 0 Å². The second-order valence-electron chi connectivity index (χ2n) is 4.80. The molecule has 0 saturated heterocycles. The number of hydrogen-bond donors (Lipinski definition) is 1. The number of benzene rings is 2. The normalized spacial score (nSPS) is 10.8. The SMILES string of the molecule is CC(C)NCc1cccc(F)c1Oc1ccccc1F. The molecular formula is C16H17F2NO. The van der Waals surface area contributed by atoms with Gasteiger partial charge in [0.25, 0.3) is 0 Å². The lowest BCUT2D eigenvalue weighted by Crippen LogP contribution is -2.22. The molecule has 2 rings (SSSR count). The quantitative estimate of drug-likeness (QED) is 0.882. The lowest BCUT2D eigenvalue weighted by Gasteiger charge is -2.14. The molecule has 0 aromatic heterocycles. The van der Waals surface area contributed by atoms with Crippen LogP contribution in [0.1, 0.15) is 19.4 Å². The molecule has 0 aliphatic rings. The molecule has 0 amide bonds. The molecule has 2 aromatic rings. The Hall–Kier alpha value is -1.94. The van der Waals surface area contributed by atoms with Crippen molar-refractivity contribution in [2.75, 3.05) is 0 Å². The number of para-hydroxylation sites is 2. The van der Waals surface area contributed by atoms with Gasteiger partial charge in [0.1, 0.15) is 0 Å². The Kier molecular flexibility index (Phi) is 4.69. The molecule has 0 unspecified atom stereocenters. The minimum Gasteiger partial charge on any atom is -0.451 e. The first kappa shape index (κ1) is 14.5. The van der Waals surface area contributed by atoms with Crippen molar-refractivity contribution < 1.29 is 13.5 Å². The van der Waals surface area contributed by atoms with Crippen LogP contribution in [0.4, 0.5) is 8.78 Å². The minimum absolute atomic E-state index is 0.0170. The van der Waals surface area contributed by atoms with E-state index in [-0.39, 0.29) is 17.5 Å². The fraction of sp³-hybridized carbons (Fsp3) is 0.250. The molecule has 20 heavy (non-hydrogen) atoms. The smallest absolute Gasteiger partial charge is 0.167 e. The van der Waals surface area contributed by atoms with Gasteiger partial charge in [-0.05, 0) is 18.2 Å². The fourth-order valence-electron chi connectivity index (χ4n) is 1.76. The van der Waals surface area contributed by atoms with Gasteiger partial charge in [-0.25, -0.2) is 8.78 Å². The summed E-state index contributed by atoms with van der Waals surface area (Å²) in [5.74, 6) is -0.941. The van der Waals surface area contributed by atoms with E-state index in [4.69, 9.17) is 4.74 Å². The molecule has 0 aliphatic heterocycles. The summed E-state index contributed by atoms with van der Waals surface area (Å²) in [6.45, 7) is 4.45. The average molecular weight is 277 g/mol. The Balaban J connectivity index is 2.28. The summed E-state index contributed by atoms with van der Waals surface area (Å²) >= 11 is 0. The Morgan fingerprint density at radius 1 is 1.00 bits per heavy atom. The van der Waals surface area contributed by atoms with Gasteiger partial charge >= 0.3 is 0 Å². The molecule has 0 radical (unpaired) electrons. The van der Waals surface area contributed by atoms with E-state index in [1.807, 2.05) is 13.8 Å². The molecule has 0 atom stereocenters. The summed E-state index contributed by atoms with van der Waals surface area (Å²) in [6.07, 6.45) is 0. The van der Waals surface area contributed by atoms with Gasteiger partial charge in [-0.3, -0.25) is 0 Å². The monoisotopic (exact) mass is 277 g/mol. The Labute approximate surface area is 117 Å². The Morgan fingerprint density at radius 2 is 1.70 bits per heavy atom. The minimum atomic E-state index is -0.515. The average Bonchev–Trinajstić information content (AvgIpc) is 2.41. The largest absolute Gasteiger partial charge is 0.451 e. The summed E-state index contributed by atoms with van der Waals surface area (Å²) in [6, 6.07) is 10.9. The Bertz CT molecular complexity index is 584. The highest BCUT2D eigenvalue weighted by atomic mass is 19.1. The van der Waals surface area contributed by atoms with Crippen LogP contribution in [0.3, 0.4) is 0 Å². The molecule has 0 saturated carbocycles. The molecule has 0 heterocycles. The molecule has 106 valence electrons. The summed E-state index contributed by atoms with van der Waals surface area (Å²) in [7, 11) is 0. The van der Waals surface area contributed by atoms with Gasteiger partial charge < -0.3 is 10.1 Å². The maximum Gasteiger partial charge on any atom is 0.167 e. The van der Waals surface area contributed by atoms with Crippen LogP contribution in [0.25, 0.3) is 0 Å². The maximum atomic E-state index is 13.9. The van der Waals surface area contributed by atoms with Crippen LogP contribution >= 0.6 is 0 Å². The molecule has 0 aliphatic carbocycles. The molecule has 1 N–H and O–H groups in total. The van der Waals surface area contributed by atoms with Gasteiger partial charge in [0, 0.05) is 18.2 Å². The summed E-state index contributed by atoms with van der Waals surface area (Å²) < 4.78 is 32.9. The van der Waals surface area contributed by atoms with Crippen molar-refractivity contribution in [2.24, 2.45) is 0 Å². The zero-order chi connectivity index (χ0) is 14.5. The van der Waals surface area contributed by atoms with Gasteiger partial charge in [-0.15, -0.1) is 0 Å². The lowest BCUT2D eigenvalue weighted by molar-refractivity contribution is 0.406. The van der Waals surface area contributed by atoms with Crippen LogP contribution in [0, 0.1) is 11.6 Å². The van der Waals surface area contributed by atoms with Crippen LogP contribution < -0.4 is 10.1 Å². The summed E-state index contributed by atoms with van der Waals surface area (Å²) in [4.78, 5) is 0. The van der Waals surface area contributed by atoms with E-state index in [0.717, 1.165) is 0 Å². The maximum absolute atomic E-state index is 13.9. The van der Waals surface area contributed by atoms with Gasteiger partial charge in [-0.2, -0.15) is 0 Å². The number of ether oxygens (including phenoxy) is 1. The molecular weight excluding hydrogens is 260 g/mol. The second-order valence-corrected chi connectivity index (χ2v) is 4.80. The zero-order valence-corrected chi connectivity index (χ0v) is 11.5. The predicted octanol–water partition coefficient (Wildman–Crippen LogP) is 4.26. The van der Waals surface area contributed by atoms with Crippen molar-refractivity contribution in [2.45, 2.75) is 26.4 Å². The van der Waals surface area contributed by atoms with E-state index in [2.05, 4.69) is 5.32 Å². The zero-order valence-electron chi connectivity index (χ0n) is 11.5. The van der Waals surface area contributed by atoms with Crippen molar-refractivity contribution in [3.63, 3.8) is 0 Å². The van der Waals surface area contributed by atoms with E-state index in [9.17, 15) is 8.78 Å². The predicted molar refractivity (Wildman–Crippen MR) is 74.8 cm³/mol. The van der Waals surface area contributed by atoms with E-state index in [0.29, 0.717) is 12.1 Å². The second kappa shape index (κ2) is 6.48. The van der Waals surface area contributed by atoms with Gasteiger partial charge in [0.2, 0.25) is 0 Å². The van der Waals surface area contributed by atoms with Gasteiger partial charge in [-0.1, -0.05) is 38.1 Å². The highest BCUT2D eigenvalue weighted by molar-refractivity contribution is 5.39. The lowest BCUT2D eigenvalue weighted by atomic mass is 10.2. The topological polar surface area (TPSA) is 21.3 Å². The van der Waals surface area contributed by atoms with E-state index in [1.165, 1.54) is 18.2 Å². The van der Waals surface area contributed by atoms with Crippen LogP contribution in [0.5, 0.6) is 11.5 Å². The first-order valence-corrected chi connectivity index (χ1v) is 6.51. The first-order chi connectivity index (χ1) is 9.58. The molecule has 2 aromatic carbocycles. The third kappa shape index (κ3) is 3.54. The summed E-state index contributed by atoms with van der Waals surface area (Å²) in [5, 5.41) is 3.19. The molecule has 2 nitrogen and oxygen atoms in total. The van der Waals surface area contributed by atoms with Crippen LogP contribution in [-0.4, -0.2) is 6.04 Å². The number of halogens is 2. The van der Waals surface area contributed by atoms with Crippen molar-refractivity contribution in [3.8, 4) is 11.5 Å². The third-order valence-corrected chi connectivity index (χ3v) is 2.80. The van der Waals surface area contributed by atoms with Crippen LogP contribution in [-0.2, 0) is 6.54 Å². The standard InChI is InChI=1S/C16H17F2NO/c1-11(2)19-10-12-6-5-8-14(18)16(12)20-15-9-4-3-7-13(15)17/h3-9,11,19H,10H2,1-2H3. The van der Waals surface area contributed by atoms with E-state index < -0.39 is 11.6 Å². The molecule has 0 bridgehead atoms. The van der Waals surface area contributed by atoms with E-state index >= 15 is 0 Å². The highest BCUT2D eigenvalue weighted by Crippen LogP contribution is 2.30. The Morgan fingerprint density at radius 3 is 2.40 bits per heavy atom.